The highest BCUT2D eigenvalue weighted by molar-refractivity contribution is 5.67. The number of carbonyl (C=O) groups is 1. The minimum Gasteiger partial charge on any atom is -0.481 e. The molecule has 0 aromatic carbocycles. The topological polar surface area (TPSA) is 101 Å². The average Bonchev–Trinajstić information content (AvgIpc) is 2.70. The van der Waals surface area contributed by atoms with E-state index in [2.05, 4.69) is 4.98 Å². The van der Waals surface area contributed by atoms with Crippen molar-refractivity contribution in [1.29, 1.82) is 0 Å². The summed E-state index contributed by atoms with van der Waals surface area (Å²) in [6.45, 7) is 1.21. The van der Waals surface area contributed by atoms with E-state index in [4.69, 9.17) is 5.11 Å². The van der Waals surface area contributed by atoms with Crippen LogP contribution in [0.15, 0.2) is 6.33 Å². The van der Waals surface area contributed by atoms with Gasteiger partial charge in [-0.1, -0.05) is 0 Å². The molecule has 19 heavy (non-hydrogen) atoms. The molecule has 0 aliphatic carbocycles. The zero-order chi connectivity index (χ0) is 14.0. The SMILES string of the molecule is Cn1cnc([N+](=O)[O-])c1N1CCCC(CC(=O)O)C1. The maximum absolute atomic E-state index is 10.9. The Labute approximate surface area is 109 Å². The van der Waals surface area contributed by atoms with Crippen LogP contribution in [0.4, 0.5) is 11.6 Å². The molecule has 0 bridgehead atoms. The number of carboxylic acid groups (broad SMARTS) is 1. The molecule has 1 aromatic heterocycles. The summed E-state index contributed by atoms with van der Waals surface area (Å²) in [5.74, 6) is -0.509. The Kier molecular flexibility index (Phi) is 3.68. The van der Waals surface area contributed by atoms with Gasteiger partial charge in [0, 0.05) is 26.6 Å². The van der Waals surface area contributed by atoms with Crippen LogP contribution in [0.3, 0.4) is 0 Å². The number of aromatic nitrogens is 2. The molecule has 104 valence electrons. The molecule has 1 aliphatic rings. The van der Waals surface area contributed by atoms with E-state index in [0.717, 1.165) is 12.8 Å². The molecule has 1 unspecified atom stereocenters. The van der Waals surface area contributed by atoms with E-state index in [1.165, 1.54) is 6.33 Å². The molecular formula is C11H16N4O4. The van der Waals surface area contributed by atoms with Crippen molar-refractivity contribution < 1.29 is 14.8 Å². The Hall–Kier alpha value is -2.12. The fourth-order valence-corrected chi connectivity index (χ4v) is 2.58. The molecule has 0 saturated carbocycles. The highest BCUT2D eigenvalue weighted by Crippen LogP contribution is 2.30. The molecule has 1 atom stereocenters. The summed E-state index contributed by atoms with van der Waals surface area (Å²) in [4.78, 5) is 26.8. The molecule has 0 amide bonds. The molecule has 1 saturated heterocycles. The lowest BCUT2D eigenvalue weighted by molar-refractivity contribution is -0.388. The van der Waals surface area contributed by atoms with Crippen molar-refractivity contribution in [1.82, 2.24) is 9.55 Å². The third-order valence-electron chi connectivity index (χ3n) is 3.34. The highest BCUT2D eigenvalue weighted by atomic mass is 16.6. The molecule has 0 spiro atoms. The standard InChI is InChI=1S/C11H16N4O4/c1-13-7-12-10(15(18)19)11(13)14-4-2-3-8(6-14)5-9(16)17/h7-8H,2-6H2,1H3,(H,16,17). The second kappa shape index (κ2) is 5.25. The van der Waals surface area contributed by atoms with Crippen molar-refractivity contribution >= 4 is 17.6 Å². The summed E-state index contributed by atoms with van der Waals surface area (Å²) in [5.41, 5.74) is 0. The summed E-state index contributed by atoms with van der Waals surface area (Å²) in [7, 11) is 1.70. The van der Waals surface area contributed by atoms with Crippen LogP contribution in [-0.4, -0.2) is 38.6 Å². The first-order valence-corrected chi connectivity index (χ1v) is 6.11. The van der Waals surface area contributed by atoms with Crippen molar-refractivity contribution in [3.05, 3.63) is 16.4 Å². The van der Waals surface area contributed by atoms with E-state index in [1.54, 1.807) is 11.6 Å². The van der Waals surface area contributed by atoms with Crippen molar-refractivity contribution in [2.45, 2.75) is 19.3 Å². The van der Waals surface area contributed by atoms with Gasteiger partial charge in [0.15, 0.2) is 0 Å². The van der Waals surface area contributed by atoms with Gasteiger partial charge in [-0.3, -0.25) is 9.36 Å². The number of carboxylic acids is 1. The lowest BCUT2D eigenvalue weighted by Gasteiger charge is -2.32. The number of rotatable bonds is 4. The number of piperidine rings is 1. The Bertz CT molecular complexity index is 499. The largest absolute Gasteiger partial charge is 0.481 e. The zero-order valence-corrected chi connectivity index (χ0v) is 10.7. The predicted molar refractivity (Wildman–Crippen MR) is 67.1 cm³/mol. The van der Waals surface area contributed by atoms with Gasteiger partial charge in [0.2, 0.25) is 12.1 Å². The van der Waals surface area contributed by atoms with Gasteiger partial charge >= 0.3 is 11.8 Å². The third-order valence-corrected chi connectivity index (χ3v) is 3.34. The van der Waals surface area contributed by atoms with Crippen LogP contribution >= 0.6 is 0 Å². The van der Waals surface area contributed by atoms with Gasteiger partial charge < -0.3 is 20.1 Å². The van der Waals surface area contributed by atoms with Crippen molar-refractivity contribution in [3.8, 4) is 0 Å². The second-order valence-corrected chi connectivity index (χ2v) is 4.81. The van der Waals surface area contributed by atoms with E-state index in [9.17, 15) is 14.9 Å². The van der Waals surface area contributed by atoms with Crippen LogP contribution in [0.25, 0.3) is 0 Å². The lowest BCUT2D eigenvalue weighted by Crippen LogP contribution is -2.37. The fraction of sp³-hybridized carbons (Fsp3) is 0.636. The van der Waals surface area contributed by atoms with Gasteiger partial charge in [0.1, 0.15) is 0 Å². The fourth-order valence-electron chi connectivity index (χ4n) is 2.58. The van der Waals surface area contributed by atoms with Gasteiger partial charge in [-0.2, -0.15) is 0 Å². The first-order chi connectivity index (χ1) is 8.99. The number of nitrogens with zero attached hydrogens (tertiary/aromatic N) is 4. The van der Waals surface area contributed by atoms with E-state index in [1.807, 2.05) is 4.90 Å². The molecule has 1 aliphatic heterocycles. The summed E-state index contributed by atoms with van der Waals surface area (Å²) in [5, 5.41) is 19.8. The van der Waals surface area contributed by atoms with Gasteiger partial charge in [0.25, 0.3) is 0 Å². The van der Waals surface area contributed by atoms with Crippen LogP contribution in [0.5, 0.6) is 0 Å². The first kappa shape index (κ1) is 13.3. The molecular weight excluding hydrogens is 252 g/mol. The first-order valence-electron chi connectivity index (χ1n) is 6.11. The van der Waals surface area contributed by atoms with Crippen LogP contribution in [0.2, 0.25) is 0 Å². The lowest BCUT2D eigenvalue weighted by atomic mass is 9.95. The number of imidazole rings is 1. The number of aliphatic carboxylic acids is 1. The van der Waals surface area contributed by atoms with Crippen molar-refractivity contribution in [3.63, 3.8) is 0 Å². The number of nitro groups is 1. The van der Waals surface area contributed by atoms with Crippen LogP contribution in [0.1, 0.15) is 19.3 Å². The second-order valence-electron chi connectivity index (χ2n) is 4.81. The Morgan fingerprint density at radius 1 is 1.68 bits per heavy atom. The summed E-state index contributed by atoms with van der Waals surface area (Å²) in [6.07, 6.45) is 3.19. The van der Waals surface area contributed by atoms with Gasteiger partial charge in [0.05, 0.1) is 0 Å². The molecule has 2 heterocycles. The summed E-state index contributed by atoms with van der Waals surface area (Å²) in [6, 6.07) is 0. The predicted octanol–water partition coefficient (Wildman–Crippen LogP) is 1.02. The Balaban J connectivity index is 2.19. The van der Waals surface area contributed by atoms with Gasteiger partial charge in [-0.05, 0) is 28.7 Å². The maximum Gasteiger partial charge on any atom is 0.406 e. The Morgan fingerprint density at radius 2 is 2.42 bits per heavy atom. The molecule has 0 radical (unpaired) electrons. The van der Waals surface area contributed by atoms with E-state index >= 15 is 0 Å². The van der Waals surface area contributed by atoms with E-state index < -0.39 is 10.9 Å². The minimum absolute atomic E-state index is 0.0285. The molecule has 1 aromatic rings. The molecule has 1 fully saturated rings. The normalized spacial score (nSPS) is 19.4. The van der Waals surface area contributed by atoms with Crippen LogP contribution < -0.4 is 4.90 Å². The van der Waals surface area contributed by atoms with Crippen LogP contribution in [-0.2, 0) is 11.8 Å². The number of anilines is 1. The summed E-state index contributed by atoms with van der Waals surface area (Å²) >= 11 is 0. The maximum atomic E-state index is 10.9. The number of hydrogen-bond donors (Lipinski definition) is 1. The molecule has 1 N–H and O–H groups in total. The molecule has 8 nitrogen and oxygen atoms in total. The van der Waals surface area contributed by atoms with Crippen molar-refractivity contribution in [2.24, 2.45) is 13.0 Å². The van der Waals surface area contributed by atoms with Gasteiger partial charge in [-0.25, -0.2) is 0 Å². The monoisotopic (exact) mass is 268 g/mol. The highest BCUT2D eigenvalue weighted by Gasteiger charge is 2.30. The number of aryl methyl sites for hydroxylation is 1. The number of hydrogen-bond acceptors (Lipinski definition) is 5. The van der Waals surface area contributed by atoms with E-state index in [0.29, 0.717) is 18.9 Å². The molecule has 8 heteroatoms. The Morgan fingerprint density at radius 3 is 3.05 bits per heavy atom. The minimum atomic E-state index is -0.827. The quantitative estimate of drug-likeness (QED) is 0.646. The zero-order valence-electron chi connectivity index (χ0n) is 10.7. The van der Waals surface area contributed by atoms with Crippen molar-refractivity contribution in [2.75, 3.05) is 18.0 Å². The third kappa shape index (κ3) is 2.83. The average molecular weight is 268 g/mol. The molecule has 2 rings (SSSR count). The summed E-state index contributed by atoms with van der Waals surface area (Å²) < 4.78 is 1.61. The van der Waals surface area contributed by atoms with Gasteiger partial charge in [-0.15, -0.1) is 0 Å². The smallest absolute Gasteiger partial charge is 0.406 e. The van der Waals surface area contributed by atoms with Crippen LogP contribution in [0, 0.1) is 16.0 Å². The van der Waals surface area contributed by atoms with E-state index in [-0.39, 0.29) is 18.2 Å².